The lowest BCUT2D eigenvalue weighted by atomic mass is 9.95. The first-order valence-corrected chi connectivity index (χ1v) is 6.49. The number of alkyl halides is 1. The van der Waals surface area contributed by atoms with E-state index in [9.17, 15) is 0 Å². The number of aryl methyl sites for hydroxylation is 1. The second-order valence-electron chi connectivity index (χ2n) is 4.22. The van der Waals surface area contributed by atoms with Crippen molar-refractivity contribution in [3.05, 3.63) is 18.2 Å². The molecule has 1 aromatic heterocycles. The number of halogens is 1. The summed E-state index contributed by atoms with van der Waals surface area (Å²) in [6, 6.07) is 0. The largest absolute Gasteiger partial charge is 0.334 e. The summed E-state index contributed by atoms with van der Waals surface area (Å²) >= 11 is 6.03. The molecule has 0 aliphatic carbocycles. The smallest absolute Gasteiger partial charge is 0.105 e. The summed E-state index contributed by atoms with van der Waals surface area (Å²) in [4.78, 5) is 4.20. The van der Waals surface area contributed by atoms with Crippen LogP contribution in [0.3, 0.4) is 0 Å². The van der Waals surface area contributed by atoms with Crippen LogP contribution in [0.4, 0.5) is 0 Å². The molecule has 1 heterocycles. The predicted octanol–water partition coefficient (Wildman–Crippen LogP) is 2.58. The van der Waals surface area contributed by atoms with E-state index in [1.807, 2.05) is 19.3 Å². The van der Waals surface area contributed by atoms with E-state index in [1.165, 1.54) is 0 Å². The van der Waals surface area contributed by atoms with E-state index >= 15 is 0 Å². The van der Waals surface area contributed by atoms with Crippen LogP contribution in [-0.2, 0) is 6.54 Å². The highest BCUT2D eigenvalue weighted by Gasteiger charge is 2.23. The lowest BCUT2D eigenvalue weighted by molar-refractivity contribution is 0.330. The molecule has 92 valence electrons. The van der Waals surface area contributed by atoms with Gasteiger partial charge in [-0.05, 0) is 19.8 Å². The molecular weight excluding hydrogens is 222 g/mol. The lowest BCUT2D eigenvalue weighted by Crippen LogP contribution is -2.47. The number of imidazole rings is 1. The van der Waals surface area contributed by atoms with Crippen molar-refractivity contribution < 1.29 is 0 Å². The molecule has 3 nitrogen and oxygen atoms in total. The Hall–Kier alpha value is -0.540. The van der Waals surface area contributed by atoms with Crippen molar-refractivity contribution in [3.63, 3.8) is 0 Å². The zero-order chi connectivity index (χ0) is 12.0. The fourth-order valence-corrected chi connectivity index (χ4v) is 2.29. The van der Waals surface area contributed by atoms with Crippen molar-refractivity contribution in [1.29, 1.82) is 0 Å². The van der Waals surface area contributed by atoms with E-state index < -0.39 is 0 Å². The molecule has 0 saturated carbocycles. The van der Waals surface area contributed by atoms with Crippen LogP contribution in [-0.4, -0.2) is 27.5 Å². The fraction of sp³-hybridized carbons (Fsp3) is 0.750. The van der Waals surface area contributed by atoms with Gasteiger partial charge in [0.15, 0.2) is 0 Å². The van der Waals surface area contributed by atoms with Crippen molar-refractivity contribution in [1.82, 2.24) is 14.9 Å². The van der Waals surface area contributed by atoms with Gasteiger partial charge in [0.1, 0.15) is 5.82 Å². The average molecular weight is 244 g/mol. The Kier molecular flexibility index (Phi) is 5.29. The molecule has 0 aliphatic heterocycles. The molecule has 0 aromatic carbocycles. The first-order chi connectivity index (χ1) is 7.67. The highest BCUT2D eigenvalue weighted by Crippen LogP contribution is 2.16. The molecule has 1 rings (SSSR count). The van der Waals surface area contributed by atoms with Crippen LogP contribution in [0.15, 0.2) is 12.4 Å². The molecular formula is C12H22ClN3. The summed E-state index contributed by atoms with van der Waals surface area (Å²) in [7, 11) is 0. The maximum absolute atomic E-state index is 6.03. The molecule has 1 aromatic rings. The van der Waals surface area contributed by atoms with Gasteiger partial charge in [0.25, 0.3) is 0 Å². The van der Waals surface area contributed by atoms with Crippen molar-refractivity contribution in [2.24, 2.45) is 0 Å². The summed E-state index contributed by atoms with van der Waals surface area (Å²) in [5.74, 6) is 1.73. The summed E-state index contributed by atoms with van der Waals surface area (Å²) in [6.45, 7) is 8.27. The minimum Gasteiger partial charge on any atom is -0.334 e. The van der Waals surface area contributed by atoms with Crippen LogP contribution in [0.2, 0.25) is 0 Å². The minimum atomic E-state index is 0.0933. The SMILES string of the molecule is CCC(CC)(CCl)NCCn1ccnc1C. The Morgan fingerprint density at radius 3 is 2.56 bits per heavy atom. The molecule has 0 unspecified atom stereocenters. The molecule has 0 atom stereocenters. The third-order valence-corrected chi connectivity index (χ3v) is 3.90. The van der Waals surface area contributed by atoms with E-state index in [-0.39, 0.29) is 5.54 Å². The van der Waals surface area contributed by atoms with Gasteiger partial charge in [-0.25, -0.2) is 4.98 Å². The second-order valence-corrected chi connectivity index (χ2v) is 4.48. The van der Waals surface area contributed by atoms with Crippen molar-refractivity contribution in [3.8, 4) is 0 Å². The summed E-state index contributed by atoms with van der Waals surface area (Å²) in [6.07, 6.45) is 5.98. The van der Waals surface area contributed by atoms with Crippen LogP contribution in [0.5, 0.6) is 0 Å². The second kappa shape index (κ2) is 6.26. The van der Waals surface area contributed by atoms with Crippen molar-refractivity contribution >= 4 is 11.6 Å². The predicted molar refractivity (Wildman–Crippen MR) is 69.0 cm³/mol. The standard InChI is InChI=1S/C12H22ClN3/c1-4-12(5-2,10-13)15-7-9-16-8-6-14-11(16)3/h6,8,15H,4-5,7,9-10H2,1-3H3. The Bertz CT molecular complexity index is 297. The molecule has 0 radical (unpaired) electrons. The molecule has 0 amide bonds. The van der Waals surface area contributed by atoms with Gasteiger partial charge in [-0.3, -0.25) is 0 Å². The molecule has 1 N–H and O–H groups in total. The molecule has 0 bridgehead atoms. The highest BCUT2D eigenvalue weighted by molar-refractivity contribution is 6.18. The fourth-order valence-electron chi connectivity index (χ4n) is 1.82. The van der Waals surface area contributed by atoms with Gasteiger partial charge in [-0.2, -0.15) is 0 Å². The van der Waals surface area contributed by atoms with Gasteiger partial charge < -0.3 is 9.88 Å². The minimum absolute atomic E-state index is 0.0933. The number of nitrogens with zero attached hydrogens (tertiary/aromatic N) is 2. The van der Waals surface area contributed by atoms with Crippen LogP contribution in [0.1, 0.15) is 32.5 Å². The zero-order valence-corrected chi connectivity index (χ0v) is 11.2. The van der Waals surface area contributed by atoms with E-state index in [4.69, 9.17) is 11.6 Å². The van der Waals surface area contributed by atoms with E-state index in [1.54, 1.807) is 0 Å². The molecule has 0 fully saturated rings. The summed E-state index contributed by atoms with van der Waals surface area (Å²) in [5.41, 5.74) is 0.0933. The Labute approximate surface area is 103 Å². The van der Waals surface area contributed by atoms with E-state index in [0.717, 1.165) is 31.8 Å². The van der Waals surface area contributed by atoms with Crippen molar-refractivity contribution in [2.75, 3.05) is 12.4 Å². The van der Waals surface area contributed by atoms with Gasteiger partial charge in [-0.1, -0.05) is 13.8 Å². The number of aromatic nitrogens is 2. The summed E-state index contributed by atoms with van der Waals surface area (Å²) in [5, 5.41) is 3.57. The summed E-state index contributed by atoms with van der Waals surface area (Å²) < 4.78 is 2.15. The van der Waals surface area contributed by atoms with Crippen molar-refractivity contribution in [2.45, 2.75) is 45.7 Å². The number of hydrogen-bond donors (Lipinski definition) is 1. The maximum atomic E-state index is 6.03. The quantitative estimate of drug-likeness (QED) is 0.746. The van der Waals surface area contributed by atoms with Gasteiger partial charge in [0.05, 0.1) is 0 Å². The Morgan fingerprint density at radius 1 is 1.44 bits per heavy atom. The van der Waals surface area contributed by atoms with Gasteiger partial charge in [-0.15, -0.1) is 11.6 Å². The third kappa shape index (κ3) is 3.22. The monoisotopic (exact) mass is 243 g/mol. The lowest BCUT2D eigenvalue weighted by Gasteiger charge is -2.31. The van der Waals surface area contributed by atoms with Gasteiger partial charge >= 0.3 is 0 Å². The molecule has 0 spiro atoms. The number of rotatable bonds is 7. The maximum Gasteiger partial charge on any atom is 0.105 e. The number of nitrogens with one attached hydrogen (secondary N) is 1. The van der Waals surface area contributed by atoms with E-state index in [0.29, 0.717) is 5.88 Å². The van der Waals surface area contributed by atoms with E-state index in [2.05, 4.69) is 28.7 Å². The van der Waals surface area contributed by atoms with Gasteiger partial charge in [0.2, 0.25) is 0 Å². The van der Waals surface area contributed by atoms with Crippen LogP contribution in [0.25, 0.3) is 0 Å². The first-order valence-electron chi connectivity index (χ1n) is 5.96. The molecule has 0 aliphatic rings. The topological polar surface area (TPSA) is 29.9 Å². The van der Waals surface area contributed by atoms with Gasteiger partial charge in [0, 0.05) is 36.9 Å². The van der Waals surface area contributed by atoms with Crippen LogP contribution >= 0.6 is 11.6 Å². The molecule has 4 heteroatoms. The Balaban J connectivity index is 2.42. The Morgan fingerprint density at radius 2 is 2.12 bits per heavy atom. The number of hydrogen-bond acceptors (Lipinski definition) is 2. The molecule has 16 heavy (non-hydrogen) atoms. The first kappa shape index (κ1) is 13.5. The van der Waals surface area contributed by atoms with Crippen LogP contribution in [0, 0.1) is 6.92 Å². The van der Waals surface area contributed by atoms with Crippen LogP contribution < -0.4 is 5.32 Å². The molecule has 0 saturated heterocycles. The zero-order valence-electron chi connectivity index (χ0n) is 10.5. The third-order valence-electron chi connectivity index (χ3n) is 3.39. The highest BCUT2D eigenvalue weighted by atomic mass is 35.5. The average Bonchev–Trinajstić information content (AvgIpc) is 2.71. The normalized spacial score (nSPS) is 12.0.